The van der Waals surface area contributed by atoms with Crippen molar-refractivity contribution in [2.75, 3.05) is 20.3 Å². The van der Waals surface area contributed by atoms with E-state index in [9.17, 15) is 4.79 Å². The zero-order chi connectivity index (χ0) is 12.3. The van der Waals surface area contributed by atoms with Crippen LogP contribution in [-0.4, -0.2) is 32.1 Å². The summed E-state index contributed by atoms with van der Waals surface area (Å²) in [7, 11) is 1.37. The molecule has 1 unspecified atom stereocenters. The Labute approximate surface area is 100 Å². The predicted molar refractivity (Wildman–Crippen MR) is 61.5 cm³/mol. The van der Waals surface area contributed by atoms with Gasteiger partial charge in [0.1, 0.15) is 5.92 Å². The summed E-state index contributed by atoms with van der Waals surface area (Å²) in [4.78, 5) is 11.9. The molecule has 0 aliphatic carbocycles. The second-order valence-corrected chi connectivity index (χ2v) is 4.08. The van der Waals surface area contributed by atoms with E-state index in [-0.39, 0.29) is 5.97 Å². The lowest BCUT2D eigenvalue weighted by Crippen LogP contribution is -2.39. The minimum atomic E-state index is -0.936. The number of hydrogen-bond acceptors (Lipinski definition) is 4. The molecular weight excluding hydrogens is 220 g/mol. The van der Waals surface area contributed by atoms with Gasteiger partial charge in [-0.25, -0.2) is 0 Å². The van der Waals surface area contributed by atoms with Crippen LogP contribution < -0.4 is 0 Å². The molecule has 0 bridgehead atoms. The SMILES string of the molecule is COC(=O)C(c1ccccc1)C1(C)OCCO1. The van der Waals surface area contributed by atoms with E-state index in [4.69, 9.17) is 14.2 Å². The van der Waals surface area contributed by atoms with Gasteiger partial charge >= 0.3 is 5.97 Å². The quantitative estimate of drug-likeness (QED) is 0.749. The molecule has 0 radical (unpaired) electrons. The molecule has 0 N–H and O–H groups in total. The van der Waals surface area contributed by atoms with Gasteiger partial charge in [-0.05, 0) is 12.5 Å². The highest BCUT2D eigenvalue weighted by Gasteiger charge is 2.45. The molecule has 1 aromatic rings. The molecule has 1 fully saturated rings. The minimum Gasteiger partial charge on any atom is -0.468 e. The Morgan fingerprint density at radius 3 is 2.41 bits per heavy atom. The molecule has 1 aliphatic heterocycles. The average Bonchev–Trinajstić information content (AvgIpc) is 2.78. The number of hydrogen-bond donors (Lipinski definition) is 0. The standard InChI is InChI=1S/C13H16O4/c1-13(16-8-9-17-13)11(12(14)15-2)10-6-4-3-5-7-10/h3-7,11H,8-9H2,1-2H3. The lowest BCUT2D eigenvalue weighted by Gasteiger charge is -2.30. The molecule has 1 heterocycles. The van der Waals surface area contributed by atoms with Gasteiger partial charge in [-0.1, -0.05) is 30.3 Å². The molecular formula is C13H16O4. The van der Waals surface area contributed by atoms with Crippen molar-refractivity contribution in [1.82, 2.24) is 0 Å². The summed E-state index contributed by atoms with van der Waals surface area (Å²) >= 11 is 0. The fourth-order valence-electron chi connectivity index (χ4n) is 2.11. The van der Waals surface area contributed by atoms with Gasteiger partial charge in [0, 0.05) is 0 Å². The predicted octanol–water partition coefficient (Wildman–Crippen LogP) is 1.71. The van der Waals surface area contributed by atoms with Crippen molar-refractivity contribution in [3.8, 4) is 0 Å². The van der Waals surface area contributed by atoms with Crippen molar-refractivity contribution < 1.29 is 19.0 Å². The van der Waals surface area contributed by atoms with E-state index in [2.05, 4.69) is 0 Å². The van der Waals surface area contributed by atoms with Crippen molar-refractivity contribution >= 4 is 5.97 Å². The van der Waals surface area contributed by atoms with Crippen molar-refractivity contribution in [2.24, 2.45) is 0 Å². The highest BCUT2D eigenvalue weighted by molar-refractivity contribution is 5.79. The van der Waals surface area contributed by atoms with E-state index in [1.165, 1.54) is 7.11 Å². The molecule has 4 nitrogen and oxygen atoms in total. The molecule has 1 atom stereocenters. The maximum Gasteiger partial charge on any atom is 0.318 e. The van der Waals surface area contributed by atoms with Gasteiger partial charge in [-0.15, -0.1) is 0 Å². The Morgan fingerprint density at radius 1 is 1.29 bits per heavy atom. The second kappa shape index (κ2) is 4.85. The number of esters is 1. The Balaban J connectivity index is 2.35. The first-order valence-corrected chi connectivity index (χ1v) is 5.58. The van der Waals surface area contributed by atoms with Crippen molar-refractivity contribution in [3.05, 3.63) is 35.9 Å². The summed E-state index contributed by atoms with van der Waals surface area (Å²) in [5, 5.41) is 0. The molecule has 2 rings (SSSR count). The molecule has 0 saturated carbocycles. The molecule has 4 heteroatoms. The van der Waals surface area contributed by atoms with Crippen LogP contribution in [0.1, 0.15) is 18.4 Å². The van der Waals surface area contributed by atoms with E-state index in [0.29, 0.717) is 13.2 Å². The largest absolute Gasteiger partial charge is 0.468 e. The van der Waals surface area contributed by atoms with Crippen molar-refractivity contribution in [1.29, 1.82) is 0 Å². The van der Waals surface area contributed by atoms with Crippen LogP contribution in [0.2, 0.25) is 0 Å². The normalized spacial score (nSPS) is 19.9. The maximum absolute atomic E-state index is 11.9. The molecule has 0 amide bonds. The van der Waals surface area contributed by atoms with Crippen LogP contribution in [-0.2, 0) is 19.0 Å². The molecule has 1 aromatic carbocycles. The summed E-state index contributed by atoms with van der Waals surface area (Å²) in [6, 6.07) is 9.40. The Morgan fingerprint density at radius 2 is 1.88 bits per heavy atom. The lowest BCUT2D eigenvalue weighted by molar-refractivity contribution is -0.182. The number of benzene rings is 1. The third kappa shape index (κ3) is 2.33. The number of rotatable bonds is 3. The zero-order valence-corrected chi connectivity index (χ0v) is 10.0. The summed E-state index contributed by atoms with van der Waals surface area (Å²) in [5.74, 6) is -1.84. The lowest BCUT2D eigenvalue weighted by atomic mass is 9.91. The van der Waals surface area contributed by atoms with Gasteiger partial charge in [0.05, 0.1) is 20.3 Å². The molecule has 92 valence electrons. The summed E-state index contributed by atoms with van der Waals surface area (Å²) < 4.78 is 16.0. The van der Waals surface area contributed by atoms with Gasteiger partial charge in [0.25, 0.3) is 0 Å². The monoisotopic (exact) mass is 236 g/mol. The third-order valence-corrected chi connectivity index (χ3v) is 2.95. The Hall–Kier alpha value is -1.39. The maximum atomic E-state index is 11.9. The van der Waals surface area contributed by atoms with Crippen LogP contribution >= 0.6 is 0 Å². The van der Waals surface area contributed by atoms with Gasteiger partial charge in [-0.2, -0.15) is 0 Å². The first-order valence-electron chi connectivity index (χ1n) is 5.58. The van der Waals surface area contributed by atoms with E-state index < -0.39 is 11.7 Å². The van der Waals surface area contributed by atoms with Crippen LogP contribution in [0.5, 0.6) is 0 Å². The number of methoxy groups -OCH3 is 1. The van der Waals surface area contributed by atoms with Crippen molar-refractivity contribution in [2.45, 2.75) is 18.6 Å². The fourth-order valence-corrected chi connectivity index (χ4v) is 2.11. The number of carbonyl (C=O) groups excluding carboxylic acids is 1. The van der Waals surface area contributed by atoms with Crippen LogP contribution in [0.25, 0.3) is 0 Å². The van der Waals surface area contributed by atoms with Gasteiger partial charge in [0.2, 0.25) is 0 Å². The second-order valence-electron chi connectivity index (χ2n) is 4.08. The van der Waals surface area contributed by atoms with Crippen LogP contribution in [0.3, 0.4) is 0 Å². The number of carbonyl (C=O) groups is 1. The van der Waals surface area contributed by atoms with Crippen LogP contribution in [0.4, 0.5) is 0 Å². The fraction of sp³-hybridized carbons (Fsp3) is 0.462. The smallest absolute Gasteiger partial charge is 0.318 e. The molecule has 0 spiro atoms. The summed E-state index contributed by atoms with van der Waals surface area (Å²) in [6.45, 7) is 2.77. The molecule has 1 saturated heterocycles. The zero-order valence-electron chi connectivity index (χ0n) is 10.0. The van der Waals surface area contributed by atoms with E-state index in [1.54, 1.807) is 6.92 Å². The summed E-state index contributed by atoms with van der Waals surface area (Å²) in [6.07, 6.45) is 0. The van der Waals surface area contributed by atoms with Crippen molar-refractivity contribution in [3.63, 3.8) is 0 Å². The van der Waals surface area contributed by atoms with E-state index >= 15 is 0 Å². The van der Waals surface area contributed by atoms with Gasteiger partial charge < -0.3 is 14.2 Å². The van der Waals surface area contributed by atoms with E-state index in [1.807, 2.05) is 30.3 Å². The van der Waals surface area contributed by atoms with Crippen LogP contribution in [0.15, 0.2) is 30.3 Å². The third-order valence-electron chi connectivity index (χ3n) is 2.95. The molecule has 0 aromatic heterocycles. The summed E-state index contributed by atoms with van der Waals surface area (Å²) in [5.41, 5.74) is 0.837. The Kier molecular flexibility index (Phi) is 3.45. The first kappa shape index (κ1) is 12.1. The van der Waals surface area contributed by atoms with E-state index in [0.717, 1.165) is 5.56 Å². The highest BCUT2D eigenvalue weighted by Crippen LogP contribution is 2.36. The highest BCUT2D eigenvalue weighted by atomic mass is 16.7. The van der Waals surface area contributed by atoms with Crippen LogP contribution in [0, 0.1) is 0 Å². The molecule has 1 aliphatic rings. The number of ether oxygens (including phenoxy) is 3. The first-order chi connectivity index (χ1) is 8.17. The molecule has 17 heavy (non-hydrogen) atoms. The van der Waals surface area contributed by atoms with Gasteiger partial charge in [0.15, 0.2) is 5.79 Å². The minimum absolute atomic E-state index is 0.347. The van der Waals surface area contributed by atoms with Gasteiger partial charge in [-0.3, -0.25) is 4.79 Å². The average molecular weight is 236 g/mol. The Bertz CT molecular complexity index is 382. The topological polar surface area (TPSA) is 44.8 Å².